The smallest absolute Gasteiger partial charge is 0.319 e. The summed E-state index contributed by atoms with van der Waals surface area (Å²) in [6.07, 6.45) is 1.61. The maximum Gasteiger partial charge on any atom is 0.319 e. The Morgan fingerprint density at radius 1 is 1.25 bits per heavy atom. The number of fused-ring (bicyclic) bond motifs is 1. The molecule has 1 aliphatic heterocycles. The largest absolute Gasteiger partial charge is 0.493 e. The van der Waals surface area contributed by atoms with Crippen molar-refractivity contribution in [2.24, 2.45) is 0 Å². The topological polar surface area (TPSA) is 67.4 Å². The van der Waals surface area contributed by atoms with Crippen molar-refractivity contribution in [2.45, 2.75) is 23.8 Å². The highest BCUT2D eigenvalue weighted by Crippen LogP contribution is 2.35. The quantitative estimate of drug-likeness (QED) is 0.895. The van der Waals surface area contributed by atoms with Gasteiger partial charge in [-0.15, -0.1) is 0 Å². The molecule has 6 heteroatoms. The van der Waals surface area contributed by atoms with Gasteiger partial charge in [0.25, 0.3) is 0 Å². The number of carbonyl (C=O) groups is 1. The summed E-state index contributed by atoms with van der Waals surface area (Å²) in [7, 11) is -1.08. The SMILES string of the molecule is C[C@H](NC(=O)Nc1cccc([S@](C)=O)c1)[C@H]1COc2ccccc21. The Balaban J connectivity index is 1.63. The number of benzene rings is 2. The Bertz CT molecular complexity index is 778. The van der Waals surface area contributed by atoms with Gasteiger partial charge >= 0.3 is 6.03 Å². The maximum absolute atomic E-state index is 12.2. The molecule has 0 aromatic heterocycles. The zero-order valence-electron chi connectivity index (χ0n) is 13.6. The van der Waals surface area contributed by atoms with Crippen molar-refractivity contribution in [3.05, 3.63) is 54.1 Å². The second-order valence-corrected chi connectivity index (χ2v) is 7.20. The summed E-state index contributed by atoms with van der Waals surface area (Å²) in [5.74, 6) is 1.01. The Hall–Kier alpha value is -2.34. The first-order valence-corrected chi connectivity index (χ1v) is 9.33. The molecule has 2 aromatic rings. The van der Waals surface area contributed by atoms with E-state index in [1.54, 1.807) is 30.5 Å². The van der Waals surface area contributed by atoms with Gasteiger partial charge in [0.05, 0.1) is 6.61 Å². The van der Waals surface area contributed by atoms with Gasteiger partial charge in [0.2, 0.25) is 0 Å². The zero-order valence-corrected chi connectivity index (χ0v) is 14.4. The molecule has 0 saturated heterocycles. The van der Waals surface area contributed by atoms with Crippen LogP contribution in [0.2, 0.25) is 0 Å². The van der Waals surface area contributed by atoms with E-state index in [1.807, 2.05) is 31.2 Å². The predicted molar refractivity (Wildman–Crippen MR) is 95.1 cm³/mol. The van der Waals surface area contributed by atoms with Crippen LogP contribution in [0.5, 0.6) is 5.75 Å². The number of rotatable bonds is 4. The summed E-state index contributed by atoms with van der Waals surface area (Å²) in [6.45, 7) is 2.53. The van der Waals surface area contributed by atoms with Gasteiger partial charge in [0.1, 0.15) is 5.75 Å². The maximum atomic E-state index is 12.2. The van der Waals surface area contributed by atoms with Crippen LogP contribution in [0.25, 0.3) is 0 Å². The number of ether oxygens (including phenoxy) is 1. The molecule has 2 amide bonds. The monoisotopic (exact) mass is 344 g/mol. The van der Waals surface area contributed by atoms with Gasteiger partial charge < -0.3 is 15.4 Å². The van der Waals surface area contributed by atoms with Gasteiger partial charge in [-0.25, -0.2) is 4.79 Å². The number of hydrogen-bond donors (Lipinski definition) is 2. The third-order valence-electron chi connectivity index (χ3n) is 4.12. The molecule has 3 atom stereocenters. The molecular weight excluding hydrogens is 324 g/mol. The lowest BCUT2D eigenvalue weighted by molar-refractivity contribution is 0.244. The number of amides is 2. The number of nitrogens with one attached hydrogen (secondary N) is 2. The number of para-hydroxylation sites is 1. The van der Waals surface area contributed by atoms with E-state index in [9.17, 15) is 9.00 Å². The van der Waals surface area contributed by atoms with Crippen LogP contribution in [-0.4, -0.2) is 29.1 Å². The van der Waals surface area contributed by atoms with Gasteiger partial charge in [-0.05, 0) is 31.2 Å². The van der Waals surface area contributed by atoms with Crippen LogP contribution in [0.3, 0.4) is 0 Å². The Morgan fingerprint density at radius 2 is 2.04 bits per heavy atom. The summed E-state index contributed by atoms with van der Waals surface area (Å²) in [6, 6.07) is 14.6. The average Bonchev–Trinajstić information content (AvgIpc) is 2.99. The number of carbonyl (C=O) groups excluding carboxylic acids is 1. The van der Waals surface area contributed by atoms with Crippen LogP contribution >= 0.6 is 0 Å². The first kappa shape index (κ1) is 16.5. The van der Waals surface area contributed by atoms with Crippen LogP contribution in [0.4, 0.5) is 10.5 Å². The molecule has 0 saturated carbocycles. The molecule has 24 heavy (non-hydrogen) atoms. The van der Waals surface area contributed by atoms with Crippen LogP contribution in [0.1, 0.15) is 18.4 Å². The minimum absolute atomic E-state index is 0.0721. The van der Waals surface area contributed by atoms with Crippen LogP contribution in [0.15, 0.2) is 53.4 Å². The Morgan fingerprint density at radius 3 is 2.83 bits per heavy atom. The molecule has 3 rings (SSSR count). The number of anilines is 1. The van der Waals surface area contributed by atoms with Gasteiger partial charge in [-0.2, -0.15) is 0 Å². The van der Waals surface area contributed by atoms with E-state index in [0.29, 0.717) is 17.2 Å². The number of hydrogen-bond acceptors (Lipinski definition) is 3. The van der Waals surface area contributed by atoms with Gasteiger partial charge in [0.15, 0.2) is 0 Å². The first-order chi connectivity index (χ1) is 11.5. The molecule has 2 aromatic carbocycles. The van der Waals surface area contributed by atoms with E-state index in [4.69, 9.17) is 4.74 Å². The van der Waals surface area contributed by atoms with E-state index in [2.05, 4.69) is 10.6 Å². The van der Waals surface area contributed by atoms with E-state index in [0.717, 1.165) is 11.3 Å². The summed E-state index contributed by atoms with van der Waals surface area (Å²) in [5.41, 5.74) is 1.74. The van der Waals surface area contributed by atoms with Crippen molar-refractivity contribution in [1.82, 2.24) is 5.32 Å². The standard InChI is InChI=1S/C18H20N2O3S/c1-12(16-11-23-17-9-4-3-8-15(16)17)19-18(21)20-13-6-5-7-14(10-13)24(2)22/h3-10,12,16H,11H2,1-2H3,(H2,19,20,21)/t12-,16+,24-/m0/s1. The van der Waals surface area contributed by atoms with E-state index in [-0.39, 0.29) is 18.0 Å². The molecule has 1 heterocycles. The molecule has 126 valence electrons. The first-order valence-electron chi connectivity index (χ1n) is 7.77. The third kappa shape index (κ3) is 3.59. The lowest BCUT2D eigenvalue weighted by atomic mass is 9.94. The zero-order chi connectivity index (χ0) is 17.1. The van der Waals surface area contributed by atoms with Gasteiger partial charge in [-0.1, -0.05) is 24.3 Å². The van der Waals surface area contributed by atoms with Crippen molar-refractivity contribution in [1.29, 1.82) is 0 Å². The molecule has 0 bridgehead atoms. The summed E-state index contributed by atoms with van der Waals surface area (Å²) in [4.78, 5) is 12.9. The van der Waals surface area contributed by atoms with Crippen LogP contribution in [0, 0.1) is 0 Å². The minimum Gasteiger partial charge on any atom is -0.493 e. The highest BCUT2D eigenvalue weighted by atomic mass is 32.2. The summed E-state index contributed by atoms with van der Waals surface area (Å²) < 4.78 is 17.2. The highest BCUT2D eigenvalue weighted by molar-refractivity contribution is 7.84. The second-order valence-electron chi connectivity index (χ2n) is 5.82. The average molecular weight is 344 g/mol. The van der Waals surface area contributed by atoms with E-state index >= 15 is 0 Å². The van der Waals surface area contributed by atoms with Crippen molar-refractivity contribution in [2.75, 3.05) is 18.2 Å². The van der Waals surface area contributed by atoms with Crippen LogP contribution < -0.4 is 15.4 Å². The fraction of sp³-hybridized carbons (Fsp3) is 0.278. The molecule has 0 aliphatic carbocycles. The van der Waals surface area contributed by atoms with Crippen LogP contribution in [-0.2, 0) is 10.8 Å². The predicted octanol–water partition coefficient (Wildman–Crippen LogP) is 3.11. The third-order valence-corrected chi connectivity index (χ3v) is 5.04. The van der Waals surface area contributed by atoms with Gasteiger partial charge in [-0.3, -0.25) is 4.21 Å². The molecule has 1 aliphatic rings. The summed E-state index contributed by atoms with van der Waals surface area (Å²) >= 11 is 0. The second kappa shape index (κ2) is 7.05. The molecular formula is C18H20N2O3S. The van der Waals surface area contributed by atoms with E-state index in [1.165, 1.54) is 0 Å². The normalized spacial score (nSPS) is 18.2. The molecule has 0 radical (unpaired) electrons. The van der Waals surface area contributed by atoms with Crippen molar-refractivity contribution < 1.29 is 13.7 Å². The lowest BCUT2D eigenvalue weighted by Gasteiger charge is -2.20. The van der Waals surface area contributed by atoms with Gasteiger partial charge in [0, 0.05) is 45.2 Å². The lowest BCUT2D eigenvalue weighted by Crippen LogP contribution is -2.40. The fourth-order valence-electron chi connectivity index (χ4n) is 2.83. The molecule has 5 nitrogen and oxygen atoms in total. The van der Waals surface area contributed by atoms with Crippen molar-refractivity contribution >= 4 is 22.5 Å². The highest BCUT2D eigenvalue weighted by Gasteiger charge is 2.29. The van der Waals surface area contributed by atoms with Crippen molar-refractivity contribution in [3.8, 4) is 5.75 Å². The number of urea groups is 1. The Labute approximate surface area is 143 Å². The van der Waals surface area contributed by atoms with Crippen molar-refractivity contribution in [3.63, 3.8) is 0 Å². The fourth-order valence-corrected chi connectivity index (χ4v) is 3.39. The Kier molecular flexibility index (Phi) is 4.85. The van der Waals surface area contributed by atoms with E-state index < -0.39 is 10.8 Å². The molecule has 0 spiro atoms. The molecule has 0 unspecified atom stereocenters. The summed E-state index contributed by atoms with van der Waals surface area (Å²) in [5, 5.41) is 5.74. The minimum atomic E-state index is -1.08. The molecule has 2 N–H and O–H groups in total. The molecule has 0 fully saturated rings.